The molecule has 0 aliphatic heterocycles. The maximum atomic E-state index is 11.7. The number of hydrogen-bond acceptors (Lipinski definition) is 4. The fourth-order valence-electron chi connectivity index (χ4n) is 1.58. The second-order valence-electron chi connectivity index (χ2n) is 3.74. The molecule has 19 heavy (non-hydrogen) atoms. The normalized spacial score (nSPS) is 10.5. The van der Waals surface area contributed by atoms with Crippen LogP contribution < -0.4 is 5.73 Å². The van der Waals surface area contributed by atoms with E-state index >= 15 is 0 Å². The Hall–Kier alpha value is -1.04. The lowest BCUT2D eigenvalue weighted by atomic mass is 10.2. The number of carbonyl (C=O) groups excluding carboxylic acids is 1. The van der Waals surface area contributed by atoms with Gasteiger partial charge >= 0.3 is 5.97 Å². The zero-order valence-electron chi connectivity index (χ0n) is 10.1. The average Bonchev–Trinajstić information content (AvgIpc) is 2.71. The first kappa shape index (κ1) is 14.4. The van der Waals surface area contributed by atoms with Crippen molar-refractivity contribution in [2.24, 2.45) is 0 Å². The molecule has 3 nitrogen and oxygen atoms in total. The molecule has 0 amide bonds. The summed E-state index contributed by atoms with van der Waals surface area (Å²) in [5.74, 6) is -0.399. The maximum absolute atomic E-state index is 11.7. The van der Waals surface area contributed by atoms with Crippen molar-refractivity contribution in [3.05, 3.63) is 38.6 Å². The fourth-order valence-corrected chi connectivity index (χ4v) is 3.43. The highest BCUT2D eigenvalue weighted by Crippen LogP contribution is 2.38. The van der Waals surface area contributed by atoms with E-state index in [0.717, 1.165) is 14.9 Å². The lowest BCUT2D eigenvalue weighted by Gasteiger charge is -2.01. The number of benzene rings is 1. The van der Waals surface area contributed by atoms with Gasteiger partial charge in [0.25, 0.3) is 0 Å². The largest absolute Gasteiger partial charge is 0.462 e. The van der Waals surface area contributed by atoms with E-state index in [9.17, 15) is 4.79 Å². The molecule has 2 rings (SSSR count). The first-order valence-electron chi connectivity index (χ1n) is 5.54. The molecular weight excluding hydrogens is 350 g/mol. The van der Waals surface area contributed by atoms with Crippen LogP contribution in [0.3, 0.4) is 0 Å². The quantitative estimate of drug-likeness (QED) is 0.814. The summed E-state index contributed by atoms with van der Waals surface area (Å²) in [5.41, 5.74) is 7.11. The second kappa shape index (κ2) is 5.94. The van der Waals surface area contributed by atoms with E-state index in [-0.39, 0.29) is 0 Å². The van der Waals surface area contributed by atoms with Crippen LogP contribution in [-0.4, -0.2) is 12.6 Å². The fraction of sp³-hybridized carbons (Fsp3) is 0.154. The van der Waals surface area contributed by atoms with Gasteiger partial charge < -0.3 is 10.5 Å². The number of anilines is 1. The summed E-state index contributed by atoms with van der Waals surface area (Å²) in [7, 11) is 0. The lowest BCUT2D eigenvalue weighted by molar-refractivity contribution is 0.0533. The molecule has 1 aromatic carbocycles. The van der Waals surface area contributed by atoms with Crippen LogP contribution in [0.25, 0.3) is 10.4 Å². The van der Waals surface area contributed by atoms with Crippen LogP contribution in [0.15, 0.2) is 28.7 Å². The summed E-state index contributed by atoms with van der Waals surface area (Å²) in [5, 5.41) is 0.603. The molecule has 0 unspecified atom stereocenters. The highest BCUT2D eigenvalue weighted by atomic mass is 79.9. The monoisotopic (exact) mass is 359 g/mol. The maximum Gasteiger partial charge on any atom is 0.350 e. The van der Waals surface area contributed by atoms with Crippen LogP contribution in [0.4, 0.5) is 5.69 Å². The highest BCUT2D eigenvalue weighted by molar-refractivity contribution is 9.10. The number of nitrogens with two attached hydrogens (primary N) is 1. The lowest BCUT2D eigenvalue weighted by Crippen LogP contribution is -2.04. The molecule has 0 aliphatic rings. The van der Waals surface area contributed by atoms with Gasteiger partial charge in [-0.15, -0.1) is 11.3 Å². The van der Waals surface area contributed by atoms with Crippen molar-refractivity contribution in [2.45, 2.75) is 6.92 Å². The Bertz CT molecular complexity index is 627. The van der Waals surface area contributed by atoms with E-state index in [1.165, 1.54) is 11.3 Å². The van der Waals surface area contributed by atoms with Crippen LogP contribution in [0.2, 0.25) is 5.02 Å². The highest BCUT2D eigenvalue weighted by Gasteiger charge is 2.17. The van der Waals surface area contributed by atoms with Crippen molar-refractivity contribution < 1.29 is 9.53 Å². The molecule has 1 aromatic heterocycles. The molecule has 2 N–H and O–H groups in total. The average molecular weight is 361 g/mol. The van der Waals surface area contributed by atoms with Gasteiger partial charge in [-0.3, -0.25) is 0 Å². The third kappa shape index (κ3) is 3.11. The minimum absolute atomic E-state index is 0.324. The van der Waals surface area contributed by atoms with Gasteiger partial charge in [-0.25, -0.2) is 4.79 Å². The number of carbonyl (C=O) groups is 1. The third-order valence-electron chi connectivity index (χ3n) is 2.42. The molecular formula is C13H11BrClNO2S. The Morgan fingerprint density at radius 1 is 1.47 bits per heavy atom. The molecule has 6 heteroatoms. The summed E-state index contributed by atoms with van der Waals surface area (Å²) < 4.78 is 5.86. The third-order valence-corrected chi connectivity index (χ3v) is 4.39. The summed E-state index contributed by atoms with van der Waals surface area (Å²) in [4.78, 5) is 13.0. The number of ether oxygens (including phenoxy) is 1. The van der Waals surface area contributed by atoms with Gasteiger partial charge in [0.05, 0.1) is 17.3 Å². The molecule has 0 atom stereocenters. The van der Waals surface area contributed by atoms with Crippen molar-refractivity contribution in [1.29, 1.82) is 0 Å². The Labute approximate surface area is 128 Å². The van der Waals surface area contributed by atoms with Gasteiger partial charge in [0.15, 0.2) is 0 Å². The molecule has 2 aromatic rings. The number of halogens is 2. The molecule has 100 valence electrons. The van der Waals surface area contributed by atoms with Crippen molar-refractivity contribution >= 4 is 50.5 Å². The van der Waals surface area contributed by atoms with Gasteiger partial charge in [-0.05, 0) is 25.1 Å². The SMILES string of the molecule is CCOC(=O)c1sc(-c2ccc(Br)cc2Cl)cc1N. The number of hydrogen-bond donors (Lipinski definition) is 1. The molecule has 0 saturated carbocycles. The zero-order valence-corrected chi connectivity index (χ0v) is 13.2. The van der Waals surface area contributed by atoms with E-state index in [0.29, 0.717) is 22.2 Å². The molecule has 1 heterocycles. The molecule has 0 aliphatic carbocycles. The molecule has 0 spiro atoms. The Morgan fingerprint density at radius 3 is 2.84 bits per heavy atom. The number of thiophene rings is 1. The smallest absolute Gasteiger partial charge is 0.350 e. The van der Waals surface area contributed by atoms with E-state index < -0.39 is 5.97 Å². The Morgan fingerprint density at radius 2 is 2.21 bits per heavy atom. The van der Waals surface area contributed by atoms with E-state index in [4.69, 9.17) is 22.1 Å². The molecule has 0 saturated heterocycles. The van der Waals surface area contributed by atoms with Crippen LogP contribution >= 0.6 is 38.9 Å². The van der Waals surface area contributed by atoms with Crippen molar-refractivity contribution in [2.75, 3.05) is 12.3 Å². The number of esters is 1. The molecule has 0 fully saturated rings. The van der Waals surface area contributed by atoms with Crippen LogP contribution in [0.5, 0.6) is 0 Å². The van der Waals surface area contributed by atoms with Crippen molar-refractivity contribution in [1.82, 2.24) is 0 Å². The number of rotatable bonds is 3. The van der Waals surface area contributed by atoms with E-state index in [2.05, 4.69) is 15.9 Å². The Balaban J connectivity index is 2.42. The minimum Gasteiger partial charge on any atom is -0.462 e. The topological polar surface area (TPSA) is 52.3 Å². The van der Waals surface area contributed by atoms with Gasteiger partial charge in [0.1, 0.15) is 4.88 Å². The standard InChI is InChI=1S/C13H11BrClNO2S/c1-2-18-13(17)12-10(16)6-11(19-12)8-4-3-7(14)5-9(8)15/h3-6H,2,16H2,1H3. The van der Waals surface area contributed by atoms with Crippen molar-refractivity contribution in [3.63, 3.8) is 0 Å². The Kier molecular flexibility index (Phi) is 4.50. The van der Waals surface area contributed by atoms with E-state index in [1.54, 1.807) is 19.1 Å². The van der Waals surface area contributed by atoms with Crippen molar-refractivity contribution in [3.8, 4) is 10.4 Å². The van der Waals surface area contributed by atoms with Crippen LogP contribution in [0.1, 0.15) is 16.6 Å². The summed E-state index contributed by atoms with van der Waals surface area (Å²) in [6.07, 6.45) is 0. The van der Waals surface area contributed by atoms with E-state index in [1.807, 2.05) is 12.1 Å². The summed E-state index contributed by atoms with van der Waals surface area (Å²) in [6.45, 7) is 2.08. The number of nitrogen functional groups attached to an aromatic ring is 1. The predicted octanol–water partition coefficient (Wildman–Crippen LogP) is 4.59. The molecule has 0 bridgehead atoms. The van der Waals surface area contributed by atoms with Crippen LogP contribution in [-0.2, 0) is 4.74 Å². The minimum atomic E-state index is -0.399. The first-order valence-corrected chi connectivity index (χ1v) is 7.53. The second-order valence-corrected chi connectivity index (χ2v) is 6.11. The van der Waals surface area contributed by atoms with Gasteiger partial charge in [0.2, 0.25) is 0 Å². The summed E-state index contributed by atoms with van der Waals surface area (Å²) >= 11 is 10.8. The van der Waals surface area contributed by atoms with Gasteiger partial charge in [-0.1, -0.05) is 33.6 Å². The zero-order chi connectivity index (χ0) is 14.0. The van der Waals surface area contributed by atoms with Gasteiger partial charge in [-0.2, -0.15) is 0 Å². The first-order chi connectivity index (χ1) is 9.02. The molecule has 0 radical (unpaired) electrons. The predicted molar refractivity (Wildman–Crippen MR) is 82.8 cm³/mol. The summed E-state index contributed by atoms with van der Waals surface area (Å²) in [6, 6.07) is 7.32. The van der Waals surface area contributed by atoms with Crippen LogP contribution in [0, 0.1) is 0 Å². The van der Waals surface area contributed by atoms with Gasteiger partial charge in [0, 0.05) is 14.9 Å².